The largest absolute Gasteiger partial charge is 0.476 e. The van der Waals surface area contributed by atoms with Crippen LogP contribution in [0.15, 0.2) is 48.8 Å². The molecule has 0 bridgehead atoms. The van der Waals surface area contributed by atoms with Gasteiger partial charge in [-0.15, -0.1) is 0 Å². The molecule has 7 heteroatoms. The number of carbonyl (C=O) groups is 1. The molecule has 128 valence electrons. The van der Waals surface area contributed by atoms with Crippen LogP contribution >= 0.6 is 0 Å². The Labute approximate surface area is 140 Å². The minimum atomic E-state index is -4.26. The second-order valence-electron chi connectivity index (χ2n) is 6.24. The fraction of sp³-hybridized carbons (Fsp3) is 0.222. The van der Waals surface area contributed by atoms with Gasteiger partial charge < -0.3 is 9.51 Å². The van der Waals surface area contributed by atoms with Crippen LogP contribution in [0.4, 0.5) is 13.2 Å². The molecule has 0 saturated heterocycles. The third-order valence-corrected chi connectivity index (χ3v) is 4.74. The van der Waals surface area contributed by atoms with E-state index in [0.29, 0.717) is 16.8 Å². The number of fused-ring (bicyclic) bond motifs is 1. The van der Waals surface area contributed by atoms with Crippen LogP contribution in [0, 0.1) is 0 Å². The van der Waals surface area contributed by atoms with Crippen molar-refractivity contribution in [3.8, 4) is 11.3 Å². The van der Waals surface area contributed by atoms with Gasteiger partial charge in [0.05, 0.1) is 16.6 Å². The maximum Gasteiger partial charge on any atom is 0.398 e. The van der Waals surface area contributed by atoms with Crippen molar-refractivity contribution in [2.24, 2.45) is 0 Å². The number of nitrogens with zero attached hydrogens (tertiary/aromatic N) is 2. The van der Waals surface area contributed by atoms with Crippen molar-refractivity contribution in [3.63, 3.8) is 0 Å². The minimum Gasteiger partial charge on any atom is -0.476 e. The number of alkyl halides is 3. The van der Waals surface area contributed by atoms with E-state index in [4.69, 9.17) is 0 Å². The van der Waals surface area contributed by atoms with E-state index in [2.05, 4.69) is 4.98 Å². The molecule has 4 nitrogen and oxygen atoms in total. The molecule has 1 aliphatic carbocycles. The van der Waals surface area contributed by atoms with Gasteiger partial charge in [-0.05, 0) is 30.5 Å². The quantitative estimate of drug-likeness (QED) is 0.770. The standard InChI is InChI=1S/C18H13F3N2O2/c19-18(20,21)17(7-8-17)12-5-3-11(4-6-12)15-14-2-1-9-23(14)10-13(22-15)16(24)25/h1-6,9-10H,7-8H2,(H,24,25). The Morgan fingerprint density at radius 2 is 1.84 bits per heavy atom. The Balaban J connectivity index is 1.80. The topological polar surface area (TPSA) is 54.6 Å². The number of hydrogen-bond donors (Lipinski definition) is 1. The van der Waals surface area contributed by atoms with Gasteiger partial charge in [0.25, 0.3) is 0 Å². The monoisotopic (exact) mass is 346 g/mol. The van der Waals surface area contributed by atoms with Gasteiger partial charge in [0.1, 0.15) is 0 Å². The third-order valence-electron chi connectivity index (χ3n) is 4.74. The van der Waals surface area contributed by atoms with Crippen LogP contribution in [-0.4, -0.2) is 26.6 Å². The molecule has 2 aromatic heterocycles. The molecule has 0 amide bonds. The summed E-state index contributed by atoms with van der Waals surface area (Å²) in [5, 5.41) is 9.20. The summed E-state index contributed by atoms with van der Waals surface area (Å²) >= 11 is 0. The number of hydrogen-bond acceptors (Lipinski definition) is 2. The zero-order valence-corrected chi connectivity index (χ0v) is 12.9. The van der Waals surface area contributed by atoms with Crippen molar-refractivity contribution in [1.29, 1.82) is 0 Å². The normalized spacial score (nSPS) is 16.1. The third kappa shape index (κ3) is 2.38. The molecule has 1 fully saturated rings. The molecule has 0 unspecified atom stereocenters. The Bertz CT molecular complexity index is 970. The summed E-state index contributed by atoms with van der Waals surface area (Å²) in [5.41, 5.74) is 0.0736. The smallest absolute Gasteiger partial charge is 0.398 e. The number of aromatic carboxylic acids is 1. The molecule has 0 radical (unpaired) electrons. The Kier molecular flexibility index (Phi) is 3.19. The lowest BCUT2D eigenvalue weighted by atomic mass is 9.94. The van der Waals surface area contributed by atoms with E-state index in [1.165, 1.54) is 18.3 Å². The van der Waals surface area contributed by atoms with E-state index in [0.717, 1.165) is 0 Å². The average Bonchev–Trinajstić information content (AvgIpc) is 3.26. The molecule has 1 aliphatic rings. The summed E-state index contributed by atoms with van der Waals surface area (Å²) in [4.78, 5) is 15.4. The van der Waals surface area contributed by atoms with Gasteiger partial charge in [-0.3, -0.25) is 0 Å². The minimum absolute atomic E-state index is 0.103. The van der Waals surface area contributed by atoms with Crippen LogP contribution in [0.5, 0.6) is 0 Å². The number of halogens is 3. The number of rotatable bonds is 3. The molecule has 25 heavy (non-hydrogen) atoms. The molecule has 0 spiro atoms. The lowest BCUT2D eigenvalue weighted by Gasteiger charge is -2.19. The van der Waals surface area contributed by atoms with Crippen molar-refractivity contribution >= 4 is 11.5 Å². The highest BCUT2D eigenvalue weighted by atomic mass is 19.4. The van der Waals surface area contributed by atoms with Gasteiger partial charge in [0, 0.05) is 18.0 Å². The average molecular weight is 346 g/mol. The Hall–Kier alpha value is -2.83. The highest BCUT2D eigenvalue weighted by molar-refractivity contribution is 5.88. The molecule has 1 aromatic carbocycles. The van der Waals surface area contributed by atoms with Crippen LogP contribution in [0.2, 0.25) is 0 Å². The molecular weight excluding hydrogens is 333 g/mol. The summed E-state index contributed by atoms with van der Waals surface area (Å²) in [6.07, 6.45) is -0.954. The summed E-state index contributed by atoms with van der Waals surface area (Å²) in [7, 11) is 0. The van der Waals surface area contributed by atoms with E-state index >= 15 is 0 Å². The van der Waals surface area contributed by atoms with Gasteiger partial charge >= 0.3 is 12.1 Å². The van der Waals surface area contributed by atoms with Crippen LogP contribution in [-0.2, 0) is 5.41 Å². The molecule has 2 heterocycles. The van der Waals surface area contributed by atoms with Crippen LogP contribution in [0.1, 0.15) is 28.9 Å². The molecule has 0 aliphatic heterocycles. The van der Waals surface area contributed by atoms with E-state index in [-0.39, 0.29) is 24.1 Å². The second kappa shape index (κ2) is 5.08. The number of carboxylic acid groups (broad SMARTS) is 1. The molecule has 3 aromatic rings. The fourth-order valence-corrected chi connectivity index (χ4v) is 3.17. The van der Waals surface area contributed by atoms with Crippen LogP contribution in [0.3, 0.4) is 0 Å². The lowest BCUT2D eigenvalue weighted by molar-refractivity contribution is -0.160. The van der Waals surface area contributed by atoms with Gasteiger partial charge in [-0.1, -0.05) is 24.3 Å². The number of benzene rings is 1. The second-order valence-corrected chi connectivity index (χ2v) is 6.24. The highest BCUT2D eigenvalue weighted by Gasteiger charge is 2.64. The number of carboxylic acids is 1. The van der Waals surface area contributed by atoms with Crippen molar-refractivity contribution in [3.05, 3.63) is 60.0 Å². The van der Waals surface area contributed by atoms with E-state index in [9.17, 15) is 23.1 Å². The Morgan fingerprint density at radius 3 is 2.40 bits per heavy atom. The molecule has 1 N–H and O–H groups in total. The summed E-state index contributed by atoms with van der Waals surface area (Å²) in [5.74, 6) is -1.16. The summed E-state index contributed by atoms with van der Waals surface area (Å²) in [6, 6.07) is 9.60. The zero-order valence-electron chi connectivity index (χ0n) is 12.9. The van der Waals surface area contributed by atoms with Crippen molar-refractivity contribution < 1.29 is 23.1 Å². The molecule has 1 saturated carbocycles. The zero-order chi connectivity index (χ0) is 17.8. The van der Waals surface area contributed by atoms with E-state index in [1.54, 1.807) is 34.9 Å². The first-order valence-electron chi connectivity index (χ1n) is 7.70. The van der Waals surface area contributed by atoms with Crippen LogP contribution in [0.25, 0.3) is 16.8 Å². The van der Waals surface area contributed by atoms with Crippen LogP contribution < -0.4 is 0 Å². The predicted molar refractivity (Wildman–Crippen MR) is 84.6 cm³/mol. The summed E-state index contributed by atoms with van der Waals surface area (Å²) in [6.45, 7) is 0. The van der Waals surface area contributed by atoms with Crippen molar-refractivity contribution in [1.82, 2.24) is 9.38 Å². The maximum absolute atomic E-state index is 13.2. The molecule has 0 atom stereocenters. The van der Waals surface area contributed by atoms with E-state index in [1.807, 2.05) is 0 Å². The van der Waals surface area contributed by atoms with Gasteiger partial charge in [0.15, 0.2) is 5.69 Å². The van der Waals surface area contributed by atoms with Gasteiger partial charge in [-0.25, -0.2) is 9.78 Å². The van der Waals surface area contributed by atoms with Crippen molar-refractivity contribution in [2.75, 3.05) is 0 Å². The first-order chi connectivity index (χ1) is 11.8. The first kappa shape index (κ1) is 15.7. The van der Waals surface area contributed by atoms with Crippen molar-refractivity contribution in [2.45, 2.75) is 24.4 Å². The number of aromatic nitrogens is 2. The van der Waals surface area contributed by atoms with Gasteiger partial charge in [-0.2, -0.15) is 13.2 Å². The van der Waals surface area contributed by atoms with Gasteiger partial charge in [0.2, 0.25) is 0 Å². The SMILES string of the molecule is O=C(O)c1cn2cccc2c(-c2ccc(C3(C(F)(F)F)CC3)cc2)n1. The summed E-state index contributed by atoms with van der Waals surface area (Å²) < 4.78 is 41.3. The lowest BCUT2D eigenvalue weighted by Crippen LogP contribution is -2.28. The Morgan fingerprint density at radius 1 is 1.16 bits per heavy atom. The highest BCUT2D eigenvalue weighted by Crippen LogP contribution is 2.58. The molecular formula is C18H13F3N2O2. The van der Waals surface area contributed by atoms with E-state index < -0.39 is 17.6 Å². The molecule has 4 rings (SSSR count). The first-order valence-corrected chi connectivity index (χ1v) is 7.70. The maximum atomic E-state index is 13.2. The predicted octanol–water partition coefficient (Wildman–Crippen LogP) is 4.29. The fourth-order valence-electron chi connectivity index (χ4n) is 3.17.